The van der Waals surface area contributed by atoms with Gasteiger partial charge >= 0.3 is 0 Å². The molecule has 0 aromatic heterocycles. The molecule has 168 valence electrons. The minimum absolute atomic E-state index is 0.0488. The zero-order chi connectivity index (χ0) is 22.2. The summed E-state index contributed by atoms with van der Waals surface area (Å²) in [5.74, 6) is 0.774. The van der Waals surface area contributed by atoms with Crippen LogP contribution in [0.2, 0.25) is 0 Å². The molecule has 0 spiro atoms. The summed E-state index contributed by atoms with van der Waals surface area (Å²) in [6.07, 6.45) is 3.67. The van der Waals surface area contributed by atoms with Gasteiger partial charge in [0.1, 0.15) is 5.75 Å². The highest BCUT2D eigenvalue weighted by Crippen LogP contribution is 2.45. The summed E-state index contributed by atoms with van der Waals surface area (Å²) in [6.45, 7) is 3.68. The molecule has 4 atom stereocenters. The number of benzene rings is 2. The van der Waals surface area contributed by atoms with Crippen LogP contribution in [0.4, 0.5) is 0 Å². The second-order valence-corrected chi connectivity index (χ2v) is 9.17. The third-order valence-electron chi connectivity index (χ3n) is 7.38. The molecule has 2 N–H and O–H groups in total. The topological polar surface area (TPSA) is 70.7 Å². The summed E-state index contributed by atoms with van der Waals surface area (Å²) in [7, 11) is 1.62. The number of nitrogens with zero attached hydrogens (tertiary/aromatic N) is 1. The van der Waals surface area contributed by atoms with Gasteiger partial charge in [0.15, 0.2) is 0 Å². The fraction of sp³-hybridized carbons (Fsp3) is 0.462. The molecule has 0 aliphatic carbocycles. The van der Waals surface area contributed by atoms with Gasteiger partial charge in [-0.3, -0.25) is 9.59 Å². The van der Waals surface area contributed by atoms with Crippen LogP contribution in [0, 0.1) is 5.92 Å². The molecule has 0 saturated carbocycles. The van der Waals surface area contributed by atoms with Crippen LogP contribution >= 0.6 is 0 Å². The molecule has 3 heterocycles. The van der Waals surface area contributed by atoms with Gasteiger partial charge in [-0.05, 0) is 56.3 Å². The first kappa shape index (κ1) is 21.0. The lowest BCUT2D eigenvalue weighted by Gasteiger charge is -2.48. The van der Waals surface area contributed by atoms with Gasteiger partial charge in [0, 0.05) is 18.2 Å². The number of nitrogens with one attached hydrogen (secondary N) is 2. The van der Waals surface area contributed by atoms with Gasteiger partial charge in [-0.15, -0.1) is 0 Å². The molecular weight excluding hydrogens is 402 g/mol. The smallest absolute Gasteiger partial charge is 0.255 e. The van der Waals surface area contributed by atoms with Gasteiger partial charge in [-0.1, -0.05) is 36.4 Å². The van der Waals surface area contributed by atoms with E-state index in [1.807, 2.05) is 54.3 Å². The van der Waals surface area contributed by atoms with Crippen LogP contribution in [-0.4, -0.2) is 43.0 Å². The number of amides is 2. The van der Waals surface area contributed by atoms with Crippen molar-refractivity contribution in [3.63, 3.8) is 0 Å². The van der Waals surface area contributed by atoms with Gasteiger partial charge in [0.05, 0.1) is 30.7 Å². The summed E-state index contributed by atoms with van der Waals surface area (Å²) in [4.78, 5) is 28.6. The van der Waals surface area contributed by atoms with Crippen LogP contribution in [0.25, 0.3) is 0 Å². The molecule has 3 aliphatic heterocycles. The summed E-state index contributed by atoms with van der Waals surface area (Å²) in [5, 5.41) is 6.68. The summed E-state index contributed by atoms with van der Waals surface area (Å²) in [5.41, 5.74) is 3.77. The molecule has 32 heavy (non-hydrogen) atoms. The molecule has 2 aromatic carbocycles. The van der Waals surface area contributed by atoms with Crippen molar-refractivity contribution in [2.24, 2.45) is 5.92 Å². The third-order valence-corrected chi connectivity index (χ3v) is 7.38. The molecular formula is C26H31N3O3. The molecule has 2 aromatic rings. The summed E-state index contributed by atoms with van der Waals surface area (Å²) in [6, 6.07) is 13.9. The van der Waals surface area contributed by atoms with Crippen LogP contribution in [0.1, 0.15) is 65.3 Å². The van der Waals surface area contributed by atoms with Crippen LogP contribution in [0.5, 0.6) is 5.75 Å². The predicted octanol–water partition coefficient (Wildman–Crippen LogP) is 3.38. The van der Waals surface area contributed by atoms with Crippen molar-refractivity contribution < 1.29 is 14.3 Å². The number of ether oxygens (including phenoxy) is 1. The minimum atomic E-state index is -0.158. The van der Waals surface area contributed by atoms with Crippen molar-refractivity contribution in [3.8, 4) is 5.75 Å². The Morgan fingerprint density at radius 3 is 2.81 bits per heavy atom. The standard InChI is InChI=1S/C26H31N3O3/c1-16(17-7-4-3-5-8-17)28-25(30)20-11-10-18-12-14-29-22(23(18)24(20)32-2)15-21-19(26(29)31)9-6-13-27-21/h3-5,7-8,10-11,16,19,21-22,27H,6,9,12-15H2,1-2H3,(H,28,30)/t16?,19-,21-,22+/m1/s1. The van der Waals surface area contributed by atoms with E-state index in [0.717, 1.165) is 49.9 Å². The largest absolute Gasteiger partial charge is 0.496 e. The van der Waals surface area contributed by atoms with Crippen molar-refractivity contribution >= 4 is 11.8 Å². The SMILES string of the molecule is COc1c(C(=O)NC(C)c2ccccc2)ccc2c1[C@@H]1C[C@H]3NCCC[C@H]3C(=O)N1CC2. The zero-order valence-corrected chi connectivity index (χ0v) is 18.8. The highest BCUT2D eigenvalue weighted by molar-refractivity contribution is 5.98. The lowest BCUT2D eigenvalue weighted by molar-refractivity contribution is -0.145. The van der Waals surface area contributed by atoms with Gasteiger partial charge in [0.2, 0.25) is 5.91 Å². The molecule has 2 fully saturated rings. The monoisotopic (exact) mass is 433 g/mol. The van der Waals surface area contributed by atoms with E-state index in [1.54, 1.807) is 7.11 Å². The number of piperidine rings is 2. The first-order valence-electron chi connectivity index (χ1n) is 11.7. The summed E-state index contributed by atoms with van der Waals surface area (Å²) < 4.78 is 5.85. The van der Waals surface area contributed by atoms with Crippen LogP contribution < -0.4 is 15.4 Å². The minimum Gasteiger partial charge on any atom is -0.496 e. The summed E-state index contributed by atoms with van der Waals surface area (Å²) >= 11 is 0. The van der Waals surface area contributed by atoms with Crippen molar-refractivity contribution in [1.29, 1.82) is 0 Å². The highest BCUT2D eigenvalue weighted by atomic mass is 16.5. The van der Waals surface area contributed by atoms with Crippen molar-refractivity contribution in [1.82, 2.24) is 15.5 Å². The maximum absolute atomic E-state index is 13.3. The quantitative estimate of drug-likeness (QED) is 0.776. The van der Waals surface area contributed by atoms with E-state index in [1.165, 1.54) is 5.56 Å². The Morgan fingerprint density at radius 2 is 2.03 bits per heavy atom. The number of methoxy groups -OCH3 is 1. The molecule has 1 unspecified atom stereocenters. The predicted molar refractivity (Wildman–Crippen MR) is 123 cm³/mol. The Labute approximate surface area is 189 Å². The maximum atomic E-state index is 13.3. The Bertz CT molecular complexity index is 1020. The molecule has 0 bridgehead atoms. The fourth-order valence-electron chi connectivity index (χ4n) is 5.73. The van der Waals surface area contributed by atoms with Crippen LogP contribution in [-0.2, 0) is 11.2 Å². The van der Waals surface area contributed by atoms with E-state index in [4.69, 9.17) is 4.74 Å². The lowest BCUT2D eigenvalue weighted by Crippen LogP contribution is -2.57. The van der Waals surface area contributed by atoms with E-state index in [2.05, 4.69) is 10.6 Å². The Morgan fingerprint density at radius 1 is 1.22 bits per heavy atom. The van der Waals surface area contributed by atoms with E-state index in [-0.39, 0.29) is 35.9 Å². The maximum Gasteiger partial charge on any atom is 0.255 e. The normalized spacial score (nSPS) is 25.2. The van der Waals surface area contributed by atoms with Crippen LogP contribution in [0.3, 0.4) is 0 Å². The van der Waals surface area contributed by atoms with Crippen molar-refractivity contribution in [2.75, 3.05) is 20.2 Å². The van der Waals surface area contributed by atoms with Gasteiger partial charge in [-0.25, -0.2) is 0 Å². The molecule has 3 aliphatic rings. The van der Waals surface area contributed by atoms with Gasteiger partial charge in [-0.2, -0.15) is 0 Å². The van der Waals surface area contributed by atoms with Gasteiger partial charge < -0.3 is 20.3 Å². The average molecular weight is 434 g/mol. The zero-order valence-electron chi connectivity index (χ0n) is 18.8. The fourth-order valence-corrected chi connectivity index (χ4v) is 5.73. The number of hydrogen-bond acceptors (Lipinski definition) is 4. The van der Waals surface area contributed by atoms with Crippen LogP contribution in [0.15, 0.2) is 42.5 Å². The number of carbonyl (C=O) groups is 2. The second kappa shape index (κ2) is 8.58. The van der Waals surface area contributed by atoms with E-state index in [9.17, 15) is 9.59 Å². The number of rotatable bonds is 4. The number of fused-ring (bicyclic) bond motifs is 4. The van der Waals surface area contributed by atoms with Gasteiger partial charge in [0.25, 0.3) is 5.91 Å². The Balaban J connectivity index is 1.47. The van der Waals surface area contributed by atoms with Crippen molar-refractivity contribution in [2.45, 2.75) is 50.7 Å². The Hall–Kier alpha value is -2.86. The van der Waals surface area contributed by atoms with Crippen molar-refractivity contribution in [3.05, 3.63) is 64.7 Å². The molecule has 0 radical (unpaired) electrons. The molecule has 5 rings (SSSR count). The number of carbonyl (C=O) groups excluding carboxylic acids is 2. The molecule has 6 heteroatoms. The first-order valence-corrected chi connectivity index (χ1v) is 11.7. The second-order valence-electron chi connectivity index (χ2n) is 9.17. The van der Waals surface area contributed by atoms with E-state index < -0.39 is 0 Å². The highest BCUT2D eigenvalue weighted by Gasteiger charge is 2.46. The Kier molecular flexibility index (Phi) is 5.64. The third kappa shape index (κ3) is 3.56. The number of hydrogen-bond donors (Lipinski definition) is 2. The van der Waals surface area contributed by atoms with E-state index >= 15 is 0 Å². The average Bonchev–Trinajstić information content (AvgIpc) is 2.83. The molecule has 6 nitrogen and oxygen atoms in total. The lowest BCUT2D eigenvalue weighted by atomic mass is 9.76. The molecule has 2 saturated heterocycles. The molecule has 2 amide bonds. The first-order chi connectivity index (χ1) is 15.6. The van der Waals surface area contributed by atoms with E-state index in [0.29, 0.717) is 11.3 Å².